The van der Waals surface area contributed by atoms with Gasteiger partial charge < -0.3 is 15.4 Å². The van der Waals surface area contributed by atoms with Crippen LogP contribution in [0, 0.1) is 6.92 Å². The van der Waals surface area contributed by atoms with E-state index >= 15 is 0 Å². The van der Waals surface area contributed by atoms with Crippen molar-refractivity contribution in [3.8, 4) is 5.75 Å². The van der Waals surface area contributed by atoms with Gasteiger partial charge in [0.1, 0.15) is 5.75 Å². The molecule has 1 fully saturated rings. The lowest BCUT2D eigenvalue weighted by Crippen LogP contribution is -2.43. The van der Waals surface area contributed by atoms with E-state index in [-0.39, 0.29) is 24.0 Å². The highest BCUT2D eigenvalue weighted by Crippen LogP contribution is 2.36. The third-order valence-electron chi connectivity index (χ3n) is 3.96. The standard InChI is InChI=1S/C17H27N3OS.HI/c1-13-8-14(10-15(9-13)21-4)11-19-16(18-3)20-12-17(2)6-5-7-22-17;/h8-10H,5-7,11-12H2,1-4H3,(H2,18,19,20);1H. The van der Waals surface area contributed by atoms with Gasteiger partial charge in [-0.1, -0.05) is 6.07 Å². The summed E-state index contributed by atoms with van der Waals surface area (Å²) in [5.74, 6) is 3.02. The van der Waals surface area contributed by atoms with E-state index in [1.165, 1.54) is 29.7 Å². The zero-order valence-corrected chi connectivity index (χ0v) is 17.6. The van der Waals surface area contributed by atoms with Crippen LogP contribution >= 0.6 is 35.7 Å². The fourth-order valence-electron chi connectivity index (χ4n) is 2.70. The van der Waals surface area contributed by atoms with Gasteiger partial charge in [0.05, 0.1) is 7.11 Å². The minimum Gasteiger partial charge on any atom is -0.497 e. The molecule has 1 aliphatic rings. The number of hydrogen-bond donors (Lipinski definition) is 2. The largest absolute Gasteiger partial charge is 0.497 e. The van der Waals surface area contributed by atoms with Crippen LogP contribution in [-0.4, -0.2) is 37.2 Å². The van der Waals surface area contributed by atoms with Gasteiger partial charge in [0.15, 0.2) is 5.96 Å². The topological polar surface area (TPSA) is 45.7 Å². The molecule has 130 valence electrons. The van der Waals surface area contributed by atoms with Gasteiger partial charge in [-0.05, 0) is 55.7 Å². The molecule has 1 aromatic rings. The van der Waals surface area contributed by atoms with E-state index in [2.05, 4.69) is 53.4 Å². The van der Waals surface area contributed by atoms with E-state index in [1.807, 2.05) is 13.1 Å². The lowest BCUT2D eigenvalue weighted by molar-refractivity contribution is 0.414. The Bertz CT molecular complexity index is 531. The Morgan fingerprint density at radius 2 is 2.13 bits per heavy atom. The number of thioether (sulfide) groups is 1. The fourth-order valence-corrected chi connectivity index (χ4v) is 3.94. The number of rotatable bonds is 5. The van der Waals surface area contributed by atoms with Gasteiger partial charge in [0.25, 0.3) is 0 Å². The highest BCUT2D eigenvalue weighted by molar-refractivity contribution is 14.0. The smallest absolute Gasteiger partial charge is 0.191 e. The molecule has 4 nitrogen and oxygen atoms in total. The van der Waals surface area contributed by atoms with Crippen molar-refractivity contribution in [2.75, 3.05) is 26.5 Å². The van der Waals surface area contributed by atoms with E-state index in [0.29, 0.717) is 4.75 Å². The Kier molecular flexibility index (Phi) is 8.53. The number of benzene rings is 1. The summed E-state index contributed by atoms with van der Waals surface area (Å²) >= 11 is 2.06. The molecule has 0 bridgehead atoms. The summed E-state index contributed by atoms with van der Waals surface area (Å²) in [7, 11) is 3.52. The Morgan fingerprint density at radius 3 is 2.74 bits per heavy atom. The lowest BCUT2D eigenvalue weighted by atomic mass is 10.1. The van der Waals surface area contributed by atoms with Crippen LogP contribution in [0.4, 0.5) is 0 Å². The van der Waals surface area contributed by atoms with Crippen LogP contribution < -0.4 is 15.4 Å². The van der Waals surface area contributed by atoms with Gasteiger partial charge in [-0.3, -0.25) is 4.99 Å². The first kappa shape index (κ1) is 20.4. The maximum absolute atomic E-state index is 5.32. The first-order valence-electron chi connectivity index (χ1n) is 7.78. The minimum atomic E-state index is 0. The predicted octanol–water partition coefficient (Wildman–Crippen LogP) is 3.57. The molecular formula is C17H28IN3OS. The second-order valence-electron chi connectivity index (χ2n) is 6.04. The van der Waals surface area contributed by atoms with Crippen molar-refractivity contribution in [2.24, 2.45) is 4.99 Å². The summed E-state index contributed by atoms with van der Waals surface area (Å²) in [4.78, 5) is 4.31. The summed E-state index contributed by atoms with van der Waals surface area (Å²) in [6.07, 6.45) is 2.59. The average molecular weight is 449 g/mol. The highest BCUT2D eigenvalue weighted by atomic mass is 127. The van der Waals surface area contributed by atoms with Crippen LogP contribution in [-0.2, 0) is 6.54 Å². The van der Waals surface area contributed by atoms with Crippen LogP contribution in [0.15, 0.2) is 23.2 Å². The number of aliphatic imine (C=N–C) groups is 1. The van der Waals surface area contributed by atoms with E-state index in [4.69, 9.17) is 4.74 Å². The minimum absolute atomic E-state index is 0. The molecule has 1 heterocycles. The van der Waals surface area contributed by atoms with Gasteiger partial charge in [-0.25, -0.2) is 0 Å². The van der Waals surface area contributed by atoms with Crippen molar-refractivity contribution in [3.63, 3.8) is 0 Å². The normalized spacial score (nSPS) is 20.8. The van der Waals surface area contributed by atoms with Gasteiger partial charge >= 0.3 is 0 Å². The first-order chi connectivity index (χ1) is 10.5. The number of methoxy groups -OCH3 is 1. The molecule has 0 amide bonds. The second-order valence-corrected chi connectivity index (χ2v) is 7.72. The number of ether oxygens (including phenoxy) is 1. The summed E-state index contributed by atoms with van der Waals surface area (Å²) < 4.78 is 5.66. The van der Waals surface area contributed by atoms with Crippen molar-refractivity contribution in [1.82, 2.24) is 10.6 Å². The number of nitrogens with one attached hydrogen (secondary N) is 2. The molecule has 2 rings (SSSR count). The van der Waals surface area contributed by atoms with Crippen LogP contribution in [0.25, 0.3) is 0 Å². The summed E-state index contributed by atoms with van der Waals surface area (Å²) in [6, 6.07) is 6.26. The first-order valence-corrected chi connectivity index (χ1v) is 8.76. The number of aryl methyl sites for hydroxylation is 1. The number of halogens is 1. The van der Waals surface area contributed by atoms with E-state index in [1.54, 1.807) is 7.11 Å². The van der Waals surface area contributed by atoms with E-state index in [0.717, 1.165) is 24.8 Å². The SMILES string of the molecule is CN=C(NCc1cc(C)cc(OC)c1)NCC1(C)CCCS1.I. The Morgan fingerprint density at radius 1 is 1.35 bits per heavy atom. The Balaban J connectivity index is 0.00000264. The molecule has 1 aromatic carbocycles. The molecule has 1 unspecified atom stereocenters. The molecule has 0 aromatic heterocycles. The van der Waals surface area contributed by atoms with Crippen LogP contribution in [0.1, 0.15) is 30.9 Å². The Hall–Kier alpha value is -0.630. The molecule has 1 saturated heterocycles. The van der Waals surface area contributed by atoms with Crippen LogP contribution in [0.5, 0.6) is 5.75 Å². The predicted molar refractivity (Wildman–Crippen MR) is 111 cm³/mol. The third kappa shape index (κ3) is 6.41. The molecule has 0 aliphatic carbocycles. The van der Waals surface area contributed by atoms with Crippen molar-refractivity contribution in [2.45, 2.75) is 38.0 Å². The summed E-state index contributed by atoms with van der Waals surface area (Å²) in [5.41, 5.74) is 2.40. The third-order valence-corrected chi connectivity index (χ3v) is 5.50. The van der Waals surface area contributed by atoms with Crippen molar-refractivity contribution in [1.29, 1.82) is 0 Å². The van der Waals surface area contributed by atoms with Crippen molar-refractivity contribution >= 4 is 41.7 Å². The molecule has 0 spiro atoms. The quantitative estimate of drug-likeness (QED) is 0.410. The Labute approximate surface area is 161 Å². The maximum atomic E-state index is 5.32. The molecule has 23 heavy (non-hydrogen) atoms. The van der Waals surface area contributed by atoms with Crippen molar-refractivity contribution in [3.05, 3.63) is 29.3 Å². The monoisotopic (exact) mass is 449 g/mol. The summed E-state index contributed by atoms with van der Waals surface area (Å²) in [6.45, 7) is 6.10. The number of hydrogen-bond acceptors (Lipinski definition) is 3. The molecule has 1 atom stereocenters. The van der Waals surface area contributed by atoms with Gasteiger partial charge in [-0.2, -0.15) is 11.8 Å². The van der Waals surface area contributed by atoms with Crippen LogP contribution in [0.3, 0.4) is 0 Å². The molecular weight excluding hydrogens is 421 g/mol. The van der Waals surface area contributed by atoms with Gasteiger partial charge in [0, 0.05) is 24.9 Å². The zero-order valence-electron chi connectivity index (χ0n) is 14.4. The lowest BCUT2D eigenvalue weighted by Gasteiger charge is -2.24. The maximum Gasteiger partial charge on any atom is 0.191 e. The van der Waals surface area contributed by atoms with Crippen molar-refractivity contribution < 1.29 is 4.74 Å². The van der Waals surface area contributed by atoms with Gasteiger partial charge in [-0.15, -0.1) is 24.0 Å². The van der Waals surface area contributed by atoms with Gasteiger partial charge in [0.2, 0.25) is 0 Å². The number of guanidine groups is 1. The molecule has 0 radical (unpaired) electrons. The molecule has 0 saturated carbocycles. The van der Waals surface area contributed by atoms with E-state index < -0.39 is 0 Å². The second kappa shape index (κ2) is 9.61. The average Bonchev–Trinajstić information content (AvgIpc) is 2.94. The summed E-state index contributed by atoms with van der Waals surface area (Å²) in [5, 5.41) is 6.83. The molecule has 6 heteroatoms. The molecule has 2 N–H and O–H groups in total. The van der Waals surface area contributed by atoms with Crippen LogP contribution in [0.2, 0.25) is 0 Å². The fraction of sp³-hybridized carbons (Fsp3) is 0.588. The van der Waals surface area contributed by atoms with E-state index in [9.17, 15) is 0 Å². The zero-order chi connectivity index (χ0) is 16.0. The highest BCUT2D eigenvalue weighted by Gasteiger charge is 2.29. The molecule has 1 aliphatic heterocycles. The number of nitrogens with zero attached hydrogens (tertiary/aromatic N) is 1.